The van der Waals surface area contributed by atoms with Crippen molar-refractivity contribution in [1.29, 1.82) is 0 Å². The Labute approximate surface area is 105 Å². The minimum absolute atomic E-state index is 0.0731. The third-order valence-electron chi connectivity index (χ3n) is 2.64. The molecule has 0 heterocycles. The number of halogens is 1. The minimum Gasteiger partial charge on any atom is -0.392 e. The van der Waals surface area contributed by atoms with Gasteiger partial charge < -0.3 is 11.1 Å². The molecule has 0 aliphatic rings. The summed E-state index contributed by atoms with van der Waals surface area (Å²) in [6, 6.07) is 4.59. The average molecular weight is 254 g/mol. The van der Waals surface area contributed by atoms with Crippen LogP contribution in [0.1, 0.15) is 19.4 Å². The lowest BCUT2D eigenvalue weighted by atomic mass is 9.92. The van der Waals surface area contributed by atoms with Crippen LogP contribution in [-0.4, -0.2) is 10.9 Å². The van der Waals surface area contributed by atoms with Crippen molar-refractivity contribution in [3.8, 4) is 0 Å². The molecule has 0 saturated carbocycles. The molecule has 0 unspecified atom stereocenters. The van der Waals surface area contributed by atoms with Crippen LogP contribution < -0.4 is 11.1 Å². The van der Waals surface area contributed by atoms with Gasteiger partial charge in [-0.2, -0.15) is 0 Å². The molecule has 3 N–H and O–H groups in total. The SMILES string of the molecule is Cc1cccc(F)c1NC(=O)C(C)(C)C(N)=S. The van der Waals surface area contributed by atoms with Crippen LogP contribution in [0.15, 0.2) is 18.2 Å². The molecule has 0 aromatic heterocycles. The highest BCUT2D eigenvalue weighted by Gasteiger charge is 2.31. The molecule has 1 aromatic rings. The Morgan fingerprint density at radius 3 is 2.53 bits per heavy atom. The third kappa shape index (κ3) is 2.79. The third-order valence-corrected chi connectivity index (χ3v) is 3.15. The Hall–Kier alpha value is -1.49. The first kappa shape index (κ1) is 13.6. The molecule has 1 aromatic carbocycles. The van der Waals surface area contributed by atoms with Gasteiger partial charge in [0.25, 0.3) is 0 Å². The number of carbonyl (C=O) groups is 1. The Kier molecular flexibility index (Phi) is 3.83. The van der Waals surface area contributed by atoms with Crippen LogP contribution >= 0.6 is 12.2 Å². The molecule has 0 aliphatic carbocycles. The van der Waals surface area contributed by atoms with Gasteiger partial charge in [-0.1, -0.05) is 24.4 Å². The Morgan fingerprint density at radius 2 is 2.06 bits per heavy atom. The van der Waals surface area contributed by atoms with Gasteiger partial charge in [0.2, 0.25) is 5.91 Å². The highest BCUT2D eigenvalue weighted by atomic mass is 32.1. The summed E-state index contributed by atoms with van der Waals surface area (Å²) >= 11 is 4.81. The van der Waals surface area contributed by atoms with Gasteiger partial charge in [0, 0.05) is 0 Å². The molecule has 1 rings (SSSR count). The average Bonchev–Trinajstić information content (AvgIpc) is 2.23. The molecule has 0 aliphatic heterocycles. The largest absolute Gasteiger partial charge is 0.392 e. The van der Waals surface area contributed by atoms with Crippen LogP contribution in [-0.2, 0) is 4.79 Å². The van der Waals surface area contributed by atoms with Gasteiger partial charge >= 0.3 is 0 Å². The number of rotatable bonds is 3. The highest BCUT2D eigenvalue weighted by molar-refractivity contribution is 7.80. The maximum atomic E-state index is 13.5. The van der Waals surface area contributed by atoms with E-state index in [1.54, 1.807) is 32.9 Å². The number of hydrogen-bond acceptors (Lipinski definition) is 2. The van der Waals surface area contributed by atoms with Crippen molar-refractivity contribution in [2.75, 3.05) is 5.32 Å². The van der Waals surface area contributed by atoms with Gasteiger partial charge in [-0.15, -0.1) is 0 Å². The molecule has 5 heteroatoms. The number of aryl methyl sites for hydroxylation is 1. The number of nitrogens with two attached hydrogens (primary N) is 1. The van der Waals surface area contributed by atoms with Gasteiger partial charge in [-0.3, -0.25) is 4.79 Å². The second kappa shape index (κ2) is 4.79. The molecular formula is C12H15FN2OS. The Balaban J connectivity index is 3.00. The molecule has 1 amide bonds. The predicted octanol–water partition coefficient (Wildman–Crippen LogP) is 2.38. The molecule has 3 nitrogen and oxygen atoms in total. The van der Waals surface area contributed by atoms with Crippen molar-refractivity contribution in [2.45, 2.75) is 20.8 Å². The van der Waals surface area contributed by atoms with Crippen LogP contribution in [0.4, 0.5) is 10.1 Å². The maximum Gasteiger partial charge on any atom is 0.236 e. The van der Waals surface area contributed by atoms with Crippen LogP contribution in [0.5, 0.6) is 0 Å². The number of nitrogens with one attached hydrogen (secondary N) is 1. The van der Waals surface area contributed by atoms with Crippen molar-refractivity contribution >= 4 is 28.8 Å². The van der Waals surface area contributed by atoms with E-state index in [1.807, 2.05) is 0 Å². The van der Waals surface area contributed by atoms with Gasteiger partial charge in [-0.25, -0.2) is 4.39 Å². The molecule has 0 bridgehead atoms. The highest BCUT2D eigenvalue weighted by Crippen LogP contribution is 2.23. The summed E-state index contributed by atoms with van der Waals surface area (Å²) in [6.45, 7) is 4.91. The number of anilines is 1. The van der Waals surface area contributed by atoms with Crippen molar-refractivity contribution < 1.29 is 9.18 Å². The first-order chi connectivity index (χ1) is 7.76. The zero-order valence-corrected chi connectivity index (χ0v) is 10.8. The molecule has 0 radical (unpaired) electrons. The predicted molar refractivity (Wildman–Crippen MR) is 70.3 cm³/mol. The van der Waals surface area contributed by atoms with Crippen molar-refractivity contribution in [3.63, 3.8) is 0 Å². The maximum absolute atomic E-state index is 13.5. The van der Waals surface area contributed by atoms with E-state index in [1.165, 1.54) is 6.07 Å². The van der Waals surface area contributed by atoms with E-state index in [0.29, 0.717) is 5.56 Å². The summed E-state index contributed by atoms with van der Waals surface area (Å²) in [5.74, 6) is -0.893. The Bertz CT molecular complexity index is 451. The summed E-state index contributed by atoms with van der Waals surface area (Å²) in [4.78, 5) is 12.0. The lowest BCUT2D eigenvalue weighted by Gasteiger charge is -2.22. The molecule has 17 heavy (non-hydrogen) atoms. The van der Waals surface area contributed by atoms with Crippen molar-refractivity contribution in [2.24, 2.45) is 11.1 Å². The van der Waals surface area contributed by atoms with Gasteiger partial charge in [0.1, 0.15) is 5.82 Å². The van der Waals surface area contributed by atoms with Crippen molar-refractivity contribution in [3.05, 3.63) is 29.6 Å². The van der Waals surface area contributed by atoms with E-state index in [9.17, 15) is 9.18 Å². The number of benzene rings is 1. The van der Waals surface area contributed by atoms with E-state index in [4.69, 9.17) is 18.0 Å². The van der Waals surface area contributed by atoms with Crippen molar-refractivity contribution in [1.82, 2.24) is 0 Å². The number of carbonyl (C=O) groups excluding carboxylic acids is 1. The Morgan fingerprint density at radius 1 is 1.47 bits per heavy atom. The minimum atomic E-state index is -1.01. The lowest BCUT2D eigenvalue weighted by molar-refractivity contribution is -0.121. The van der Waals surface area contributed by atoms with E-state index in [0.717, 1.165) is 0 Å². The van der Waals surface area contributed by atoms with E-state index in [-0.39, 0.29) is 10.7 Å². The molecule has 0 atom stereocenters. The van der Waals surface area contributed by atoms with Gasteiger partial charge in [0.05, 0.1) is 16.1 Å². The van der Waals surface area contributed by atoms with Gasteiger partial charge in [0.15, 0.2) is 0 Å². The molecular weight excluding hydrogens is 239 g/mol. The number of thiocarbonyl (C=S) groups is 1. The quantitative estimate of drug-likeness (QED) is 0.814. The fraction of sp³-hybridized carbons (Fsp3) is 0.333. The van der Waals surface area contributed by atoms with E-state index in [2.05, 4.69) is 5.32 Å². The molecule has 0 saturated heterocycles. The zero-order chi connectivity index (χ0) is 13.2. The topological polar surface area (TPSA) is 55.1 Å². The zero-order valence-electron chi connectivity index (χ0n) is 10.0. The number of para-hydroxylation sites is 1. The second-order valence-electron chi connectivity index (χ2n) is 4.38. The number of amides is 1. The molecule has 0 spiro atoms. The number of hydrogen-bond donors (Lipinski definition) is 2. The first-order valence-corrected chi connectivity index (χ1v) is 5.54. The van der Waals surface area contributed by atoms with Crippen LogP contribution in [0, 0.1) is 18.2 Å². The summed E-state index contributed by atoms with van der Waals surface area (Å²) < 4.78 is 13.5. The van der Waals surface area contributed by atoms with E-state index < -0.39 is 17.1 Å². The normalized spacial score (nSPS) is 11.1. The summed E-state index contributed by atoms with van der Waals surface area (Å²) in [7, 11) is 0. The van der Waals surface area contributed by atoms with Gasteiger partial charge in [-0.05, 0) is 32.4 Å². The smallest absolute Gasteiger partial charge is 0.236 e. The summed E-state index contributed by atoms with van der Waals surface area (Å²) in [5.41, 5.74) is 5.29. The second-order valence-corrected chi connectivity index (χ2v) is 4.81. The molecule has 0 fully saturated rings. The summed E-state index contributed by atoms with van der Waals surface area (Å²) in [5, 5.41) is 2.52. The summed E-state index contributed by atoms with van der Waals surface area (Å²) in [6.07, 6.45) is 0. The standard InChI is InChI=1S/C12H15FN2OS/c1-7-5-4-6-8(13)9(7)15-11(16)12(2,3)10(14)17/h4-6H,1-3H3,(H2,14,17)(H,15,16). The van der Waals surface area contributed by atoms with Crippen LogP contribution in [0.3, 0.4) is 0 Å². The fourth-order valence-corrected chi connectivity index (χ4v) is 1.26. The molecule has 92 valence electrons. The fourth-order valence-electron chi connectivity index (χ4n) is 1.17. The van der Waals surface area contributed by atoms with E-state index >= 15 is 0 Å². The van der Waals surface area contributed by atoms with Crippen LogP contribution in [0.2, 0.25) is 0 Å². The monoisotopic (exact) mass is 254 g/mol. The van der Waals surface area contributed by atoms with Crippen LogP contribution in [0.25, 0.3) is 0 Å². The first-order valence-electron chi connectivity index (χ1n) is 5.13. The lowest BCUT2D eigenvalue weighted by Crippen LogP contribution is -2.41.